The summed E-state index contributed by atoms with van der Waals surface area (Å²) in [6.07, 6.45) is 4.77. The van der Waals surface area contributed by atoms with E-state index in [1.807, 2.05) is 12.1 Å². The Morgan fingerprint density at radius 3 is 2.35 bits per heavy atom. The first-order valence-electron chi connectivity index (χ1n) is 9.07. The second-order valence-electron chi connectivity index (χ2n) is 6.55. The summed E-state index contributed by atoms with van der Waals surface area (Å²) in [7, 11) is 0. The molecule has 0 spiro atoms. The van der Waals surface area contributed by atoms with E-state index in [9.17, 15) is 4.79 Å². The van der Waals surface area contributed by atoms with Gasteiger partial charge in [-0.05, 0) is 29.5 Å². The molecule has 132 valence electrons. The number of hydrogen-bond donors (Lipinski definition) is 2. The van der Waals surface area contributed by atoms with Crippen molar-refractivity contribution in [3.05, 3.63) is 99.5 Å². The first kappa shape index (κ1) is 16.6. The van der Waals surface area contributed by atoms with Gasteiger partial charge in [-0.3, -0.25) is 4.79 Å². The van der Waals surface area contributed by atoms with Crippen LogP contribution in [0.15, 0.2) is 76.1 Å². The van der Waals surface area contributed by atoms with E-state index in [-0.39, 0.29) is 11.6 Å². The van der Waals surface area contributed by atoms with Crippen LogP contribution in [0.5, 0.6) is 0 Å². The van der Waals surface area contributed by atoms with Crippen molar-refractivity contribution in [1.82, 2.24) is 10.5 Å². The van der Waals surface area contributed by atoms with Crippen LogP contribution in [-0.4, -0.2) is 11.7 Å². The van der Waals surface area contributed by atoms with Crippen molar-refractivity contribution >= 4 is 5.57 Å². The molecule has 1 atom stereocenters. The molecule has 0 bridgehead atoms. The van der Waals surface area contributed by atoms with Crippen molar-refractivity contribution < 1.29 is 4.52 Å². The van der Waals surface area contributed by atoms with Crippen LogP contribution in [-0.2, 0) is 6.42 Å². The normalized spacial score (nSPS) is 16.1. The van der Waals surface area contributed by atoms with Crippen LogP contribution < -0.4 is 10.9 Å². The van der Waals surface area contributed by atoms with Gasteiger partial charge in [0, 0.05) is 19.0 Å². The van der Waals surface area contributed by atoms with Gasteiger partial charge < -0.3 is 9.84 Å². The van der Waals surface area contributed by atoms with Gasteiger partial charge in [-0.15, -0.1) is 0 Å². The maximum atomic E-state index is 12.0. The highest BCUT2D eigenvalue weighted by Gasteiger charge is 2.25. The molecule has 26 heavy (non-hydrogen) atoms. The lowest BCUT2D eigenvalue weighted by Crippen LogP contribution is -2.32. The largest absolute Gasteiger partial charge is 0.383 e. The first-order valence-corrected chi connectivity index (χ1v) is 9.07. The number of aromatic amines is 1. The molecule has 4 nitrogen and oxygen atoms in total. The third-order valence-corrected chi connectivity index (χ3v) is 4.88. The Labute approximate surface area is 152 Å². The maximum Gasteiger partial charge on any atom is 0.284 e. The monoisotopic (exact) mass is 346 g/mol. The summed E-state index contributed by atoms with van der Waals surface area (Å²) in [5.74, 6) is 0.800. The van der Waals surface area contributed by atoms with E-state index in [2.05, 4.69) is 65.1 Å². The molecule has 0 amide bonds. The molecule has 3 aromatic rings. The lowest BCUT2D eigenvalue weighted by atomic mass is 9.94. The number of aromatic nitrogens is 1. The fourth-order valence-corrected chi connectivity index (χ4v) is 3.62. The Bertz CT molecular complexity index is 898. The molecule has 1 aliphatic heterocycles. The SMILES string of the molecule is O=c1[nH]oc2c1C(CCC=C(c1ccccc1)c1ccccc1)NCC2. The molecular formula is C22H22N2O2. The van der Waals surface area contributed by atoms with Crippen LogP contribution in [0.4, 0.5) is 0 Å². The van der Waals surface area contributed by atoms with Crippen molar-refractivity contribution in [2.75, 3.05) is 6.54 Å². The fourth-order valence-electron chi connectivity index (χ4n) is 3.62. The number of benzene rings is 2. The maximum absolute atomic E-state index is 12.0. The number of nitrogens with one attached hydrogen (secondary N) is 2. The van der Waals surface area contributed by atoms with E-state index in [1.165, 1.54) is 16.7 Å². The van der Waals surface area contributed by atoms with Crippen molar-refractivity contribution in [3.8, 4) is 0 Å². The van der Waals surface area contributed by atoms with Crippen LogP contribution in [0, 0.1) is 0 Å². The fraction of sp³-hybridized carbons (Fsp3) is 0.227. The van der Waals surface area contributed by atoms with Crippen LogP contribution in [0.3, 0.4) is 0 Å². The zero-order chi connectivity index (χ0) is 17.8. The van der Waals surface area contributed by atoms with Crippen molar-refractivity contribution in [1.29, 1.82) is 0 Å². The molecule has 0 aliphatic carbocycles. The Morgan fingerprint density at radius 1 is 1.04 bits per heavy atom. The van der Waals surface area contributed by atoms with E-state index < -0.39 is 0 Å². The molecular weight excluding hydrogens is 324 g/mol. The number of H-pyrrole nitrogens is 1. The van der Waals surface area contributed by atoms with Crippen molar-refractivity contribution in [2.24, 2.45) is 0 Å². The summed E-state index contributed by atoms with van der Waals surface area (Å²) >= 11 is 0. The molecule has 2 N–H and O–H groups in total. The molecule has 4 heteroatoms. The van der Waals surface area contributed by atoms with Crippen LogP contribution in [0.1, 0.15) is 41.3 Å². The van der Waals surface area contributed by atoms with Crippen molar-refractivity contribution in [3.63, 3.8) is 0 Å². The Hall–Kier alpha value is -2.85. The van der Waals surface area contributed by atoms with E-state index in [1.54, 1.807) is 0 Å². The number of allylic oxidation sites excluding steroid dienone is 1. The van der Waals surface area contributed by atoms with Crippen LogP contribution in [0.2, 0.25) is 0 Å². The van der Waals surface area contributed by atoms with Gasteiger partial charge in [-0.25, -0.2) is 0 Å². The van der Waals surface area contributed by atoms with Gasteiger partial charge in [0.1, 0.15) is 5.76 Å². The molecule has 1 aromatic heterocycles. The zero-order valence-electron chi connectivity index (χ0n) is 14.6. The van der Waals surface area contributed by atoms with Gasteiger partial charge in [-0.1, -0.05) is 66.7 Å². The topological polar surface area (TPSA) is 58.0 Å². The third kappa shape index (κ3) is 3.41. The lowest BCUT2D eigenvalue weighted by molar-refractivity contribution is 0.356. The molecule has 1 unspecified atom stereocenters. The predicted molar refractivity (Wildman–Crippen MR) is 103 cm³/mol. The molecule has 0 saturated carbocycles. The molecule has 2 aromatic carbocycles. The predicted octanol–water partition coefficient (Wildman–Crippen LogP) is 4.07. The van der Waals surface area contributed by atoms with Gasteiger partial charge in [0.05, 0.1) is 5.56 Å². The van der Waals surface area contributed by atoms with E-state index in [0.717, 1.165) is 37.1 Å². The summed E-state index contributed by atoms with van der Waals surface area (Å²) in [6.45, 7) is 0.840. The summed E-state index contributed by atoms with van der Waals surface area (Å²) in [4.78, 5) is 12.0. The standard InChI is InChI=1S/C22H22N2O2/c25-22-21-19(23-15-14-20(21)26-24-22)13-7-12-18(16-8-3-1-4-9-16)17-10-5-2-6-11-17/h1-6,8-12,19,23H,7,13-15H2,(H,24,25). The van der Waals surface area contributed by atoms with Crippen LogP contribution in [0.25, 0.3) is 5.57 Å². The smallest absolute Gasteiger partial charge is 0.284 e. The average molecular weight is 346 g/mol. The van der Waals surface area contributed by atoms with Gasteiger partial charge in [-0.2, -0.15) is 5.16 Å². The highest BCUT2D eigenvalue weighted by molar-refractivity contribution is 5.79. The lowest BCUT2D eigenvalue weighted by Gasteiger charge is -2.21. The number of hydrogen-bond acceptors (Lipinski definition) is 3. The van der Waals surface area contributed by atoms with E-state index in [0.29, 0.717) is 0 Å². The Balaban J connectivity index is 1.57. The summed E-state index contributed by atoms with van der Waals surface area (Å²) in [6, 6.07) is 20.9. The molecule has 4 rings (SSSR count). The second kappa shape index (κ2) is 7.58. The molecule has 2 heterocycles. The highest BCUT2D eigenvalue weighted by atomic mass is 16.5. The zero-order valence-corrected chi connectivity index (χ0v) is 14.6. The minimum Gasteiger partial charge on any atom is -0.383 e. The van der Waals surface area contributed by atoms with E-state index in [4.69, 9.17) is 4.52 Å². The average Bonchev–Trinajstić information content (AvgIpc) is 3.08. The third-order valence-electron chi connectivity index (χ3n) is 4.88. The second-order valence-corrected chi connectivity index (χ2v) is 6.55. The molecule has 0 radical (unpaired) electrons. The molecule has 0 fully saturated rings. The summed E-state index contributed by atoms with van der Waals surface area (Å²) in [5, 5.41) is 5.92. The Kier molecular flexibility index (Phi) is 4.84. The van der Waals surface area contributed by atoms with Gasteiger partial charge in [0.25, 0.3) is 5.56 Å². The number of fused-ring (bicyclic) bond motifs is 1. The van der Waals surface area contributed by atoms with Gasteiger partial charge >= 0.3 is 0 Å². The first-order chi connectivity index (χ1) is 12.8. The summed E-state index contributed by atoms with van der Waals surface area (Å²) in [5.41, 5.74) is 4.30. The number of rotatable bonds is 5. The minimum atomic E-state index is -0.104. The van der Waals surface area contributed by atoms with Gasteiger partial charge in [0.2, 0.25) is 0 Å². The van der Waals surface area contributed by atoms with Gasteiger partial charge in [0.15, 0.2) is 0 Å². The van der Waals surface area contributed by atoms with E-state index >= 15 is 0 Å². The molecule has 1 aliphatic rings. The molecule has 0 saturated heterocycles. The summed E-state index contributed by atoms with van der Waals surface area (Å²) < 4.78 is 5.29. The van der Waals surface area contributed by atoms with Crippen LogP contribution >= 0.6 is 0 Å². The quantitative estimate of drug-likeness (QED) is 0.732. The highest BCUT2D eigenvalue weighted by Crippen LogP contribution is 2.27. The Morgan fingerprint density at radius 2 is 1.69 bits per heavy atom. The van der Waals surface area contributed by atoms with Crippen molar-refractivity contribution in [2.45, 2.75) is 25.3 Å². The minimum absolute atomic E-state index is 0.0466.